The van der Waals surface area contributed by atoms with Gasteiger partial charge in [0.05, 0.1) is 22.0 Å². The Hall–Kier alpha value is -2.03. The van der Waals surface area contributed by atoms with Crippen molar-refractivity contribution >= 4 is 51.0 Å². The fraction of sp³-hybridized carbons (Fsp3) is 0.133. The Kier molecular flexibility index (Phi) is 4.85. The van der Waals surface area contributed by atoms with Crippen LogP contribution in [0, 0.1) is 6.92 Å². The zero-order valence-electron chi connectivity index (χ0n) is 12.2. The van der Waals surface area contributed by atoms with Crippen LogP contribution in [-0.2, 0) is 4.79 Å². The number of rotatable bonds is 5. The van der Waals surface area contributed by atoms with E-state index in [4.69, 9.17) is 0 Å². The van der Waals surface area contributed by atoms with E-state index in [-0.39, 0.29) is 18.4 Å². The summed E-state index contributed by atoms with van der Waals surface area (Å²) in [4.78, 5) is 30.9. The summed E-state index contributed by atoms with van der Waals surface area (Å²) in [5.41, 5.74) is 0.853. The van der Waals surface area contributed by atoms with Gasteiger partial charge in [-0.15, -0.1) is 34.0 Å². The number of carbonyl (C=O) groups is 2. The third-order valence-corrected chi connectivity index (χ3v) is 5.55. The highest BCUT2D eigenvalue weighted by atomic mass is 32.1. The number of hydrogen-bond donors (Lipinski definition) is 2. The molecular formula is C15H13N3O2S3. The molecule has 3 aromatic heterocycles. The minimum Gasteiger partial charge on any atom is -0.342 e. The predicted molar refractivity (Wildman–Crippen MR) is 95.4 cm³/mol. The summed E-state index contributed by atoms with van der Waals surface area (Å²) < 4.78 is 0. The van der Waals surface area contributed by atoms with Gasteiger partial charge >= 0.3 is 0 Å². The molecule has 3 rings (SSSR count). The lowest BCUT2D eigenvalue weighted by Crippen LogP contribution is -2.32. The van der Waals surface area contributed by atoms with E-state index in [1.807, 2.05) is 29.8 Å². The first-order valence-electron chi connectivity index (χ1n) is 6.76. The van der Waals surface area contributed by atoms with Crippen molar-refractivity contribution in [3.8, 4) is 10.6 Å². The third kappa shape index (κ3) is 4.04. The van der Waals surface area contributed by atoms with Crippen LogP contribution >= 0.6 is 34.0 Å². The molecule has 3 heterocycles. The zero-order valence-corrected chi connectivity index (χ0v) is 14.6. The minimum atomic E-state index is -0.293. The average Bonchev–Trinajstić information content (AvgIpc) is 3.25. The molecule has 23 heavy (non-hydrogen) atoms. The van der Waals surface area contributed by atoms with Crippen molar-refractivity contribution < 1.29 is 9.59 Å². The Morgan fingerprint density at radius 2 is 2.09 bits per heavy atom. The van der Waals surface area contributed by atoms with Crippen LogP contribution in [0.15, 0.2) is 35.0 Å². The molecule has 2 amide bonds. The number of nitrogens with one attached hydrogen (secondary N) is 2. The van der Waals surface area contributed by atoms with Gasteiger partial charge in [0.25, 0.3) is 5.91 Å². The molecule has 0 bridgehead atoms. The number of thiophene rings is 2. The number of nitrogens with zero attached hydrogens (tertiary/aromatic N) is 1. The van der Waals surface area contributed by atoms with E-state index in [0.717, 1.165) is 10.6 Å². The van der Waals surface area contributed by atoms with Crippen molar-refractivity contribution in [3.05, 3.63) is 44.8 Å². The molecule has 3 aromatic rings. The molecule has 0 aromatic carbocycles. The molecule has 2 N–H and O–H groups in total. The quantitative estimate of drug-likeness (QED) is 0.727. The van der Waals surface area contributed by atoms with E-state index in [1.165, 1.54) is 27.6 Å². The highest BCUT2D eigenvalue weighted by Gasteiger charge is 2.11. The second-order valence-corrected chi connectivity index (χ2v) is 7.75. The number of carbonyl (C=O) groups excluding carboxylic acids is 2. The molecule has 0 saturated heterocycles. The van der Waals surface area contributed by atoms with E-state index in [9.17, 15) is 9.59 Å². The molecule has 118 valence electrons. The third-order valence-electron chi connectivity index (χ3n) is 2.90. The van der Waals surface area contributed by atoms with E-state index < -0.39 is 0 Å². The van der Waals surface area contributed by atoms with Crippen LogP contribution in [0.5, 0.6) is 0 Å². The van der Waals surface area contributed by atoms with Crippen molar-refractivity contribution in [1.82, 2.24) is 10.3 Å². The second kappa shape index (κ2) is 7.03. The fourth-order valence-corrected chi connectivity index (χ4v) is 4.11. The first-order valence-corrected chi connectivity index (χ1v) is 9.33. The van der Waals surface area contributed by atoms with Gasteiger partial charge in [0, 0.05) is 10.3 Å². The molecule has 0 unspecified atom stereocenters. The number of hydrogen-bond acceptors (Lipinski definition) is 6. The van der Waals surface area contributed by atoms with Crippen LogP contribution in [0.2, 0.25) is 0 Å². The van der Waals surface area contributed by atoms with Crippen LogP contribution < -0.4 is 10.6 Å². The molecule has 8 heteroatoms. The Bertz CT molecular complexity index is 821. The van der Waals surface area contributed by atoms with E-state index in [1.54, 1.807) is 23.5 Å². The van der Waals surface area contributed by atoms with Gasteiger partial charge in [-0.3, -0.25) is 9.59 Å². The smallest absolute Gasteiger partial charge is 0.261 e. The van der Waals surface area contributed by atoms with Crippen molar-refractivity contribution in [3.63, 3.8) is 0 Å². The molecule has 0 aliphatic rings. The van der Waals surface area contributed by atoms with Gasteiger partial charge in [0.1, 0.15) is 0 Å². The second-order valence-electron chi connectivity index (χ2n) is 4.66. The van der Waals surface area contributed by atoms with Crippen LogP contribution in [0.1, 0.15) is 14.5 Å². The Labute approximate surface area is 145 Å². The van der Waals surface area contributed by atoms with Crippen LogP contribution in [0.3, 0.4) is 0 Å². The highest BCUT2D eigenvalue weighted by Crippen LogP contribution is 2.30. The van der Waals surface area contributed by atoms with Crippen LogP contribution in [0.25, 0.3) is 10.6 Å². The van der Waals surface area contributed by atoms with Crippen LogP contribution in [0.4, 0.5) is 5.13 Å². The summed E-state index contributed by atoms with van der Waals surface area (Å²) in [6.07, 6.45) is 0. The number of amides is 2. The van der Waals surface area contributed by atoms with E-state index in [0.29, 0.717) is 10.0 Å². The Morgan fingerprint density at radius 3 is 2.78 bits per heavy atom. The zero-order chi connectivity index (χ0) is 16.2. The molecule has 0 radical (unpaired) electrons. The fourth-order valence-electron chi connectivity index (χ4n) is 1.84. The molecule has 5 nitrogen and oxygen atoms in total. The lowest BCUT2D eigenvalue weighted by Gasteiger charge is -2.03. The summed E-state index contributed by atoms with van der Waals surface area (Å²) in [7, 11) is 0. The number of anilines is 1. The van der Waals surface area contributed by atoms with Gasteiger partial charge in [0.15, 0.2) is 5.13 Å². The Morgan fingerprint density at radius 1 is 1.22 bits per heavy atom. The van der Waals surface area contributed by atoms with Crippen LogP contribution in [-0.4, -0.2) is 23.3 Å². The Balaban J connectivity index is 1.54. The maximum atomic E-state index is 11.9. The van der Waals surface area contributed by atoms with Crippen molar-refractivity contribution in [2.45, 2.75) is 6.92 Å². The summed E-state index contributed by atoms with van der Waals surface area (Å²) in [6, 6.07) is 7.57. The number of aryl methyl sites for hydroxylation is 1. The number of aromatic nitrogens is 1. The van der Waals surface area contributed by atoms with E-state index in [2.05, 4.69) is 15.6 Å². The number of thiazole rings is 1. The summed E-state index contributed by atoms with van der Waals surface area (Å²) in [5, 5.41) is 9.54. The maximum Gasteiger partial charge on any atom is 0.261 e. The van der Waals surface area contributed by atoms with Crippen molar-refractivity contribution in [1.29, 1.82) is 0 Å². The summed E-state index contributed by atoms with van der Waals surface area (Å²) in [6.45, 7) is 1.96. The molecule has 0 spiro atoms. The maximum absolute atomic E-state index is 11.9. The topological polar surface area (TPSA) is 71.1 Å². The minimum absolute atomic E-state index is 0.0796. The predicted octanol–water partition coefficient (Wildman–Crippen LogP) is 3.61. The first-order chi connectivity index (χ1) is 11.1. The SMILES string of the molecule is Cc1ccc(-c2csc(NC(=O)CNC(=O)c3cccs3)n2)s1. The summed E-state index contributed by atoms with van der Waals surface area (Å²) >= 11 is 4.36. The van der Waals surface area contributed by atoms with Gasteiger partial charge < -0.3 is 10.6 Å². The molecule has 0 aliphatic carbocycles. The van der Waals surface area contributed by atoms with Gasteiger partial charge in [-0.25, -0.2) is 4.98 Å². The molecule has 0 aliphatic heterocycles. The lowest BCUT2D eigenvalue weighted by molar-refractivity contribution is -0.115. The molecule has 0 saturated carbocycles. The highest BCUT2D eigenvalue weighted by molar-refractivity contribution is 7.17. The van der Waals surface area contributed by atoms with Crippen molar-refractivity contribution in [2.75, 3.05) is 11.9 Å². The van der Waals surface area contributed by atoms with Gasteiger partial charge in [-0.1, -0.05) is 6.07 Å². The summed E-state index contributed by atoms with van der Waals surface area (Å²) in [5.74, 6) is -0.540. The van der Waals surface area contributed by atoms with Crippen molar-refractivity contribution in [2.24, 2.45) is 0 Å². The van der Waals surface area contributed by atoms with Gasteiger partial charge in [0.2, 0.25) is 5.91 Å². The molecule has 0 fully saturated rings. The van der Waals surface area contributed by atoms with Gasteiger partial charge in [-0.2, -0.15) is 0 Å². The standard InChI is InChI=1S/C15H13N3O2S3/c1-9-4-5-11(23-9)10-8-22-15(17-10)18-13(19)7-16-14(20)12-3-2-6-21-12/h2-6,8H,7H2,1H3,(H,16,20)(H,17,18,19). The first kappa shape index (κ1) is 15.9. The lowest BCUT2D eigenvalue weighted by atomic mass is 10.4. The molecule has 0 atom stereocenters. The molecular weight excluding hydrogens is 350 g/mol. The average molecular weight is 363 g/mol. The monoisotopic (exact) mass is 363 g/mol. The largest absolute Gasteiger partial charge is 0.342 e. The van der Waals surface area contributed by atoms with E-state index >= 15 is 0 Å². The normalized spacial score (nSPS) is 10.5. The van der Waals surface area contributed by atoms with Gasteiger partial charge in [-0.05, 0) is 30.5 Å².